The SMILES string of the molecule is CC(=O)NC1CCN(Cc2occc2C(=O)NN)C1. The maximum absolute atomic E-state index is 11.5. The van der Waals surface area contributed by atoms with Crippen molar-refractivity contribution < 1.29 is 14.0 Å². The van der Waals surface area contributed by atoms with Crippen molar-refractivity contribution in [3.05, 3.63) is 23.7 Å². The predicted octanol–water partition coefficient (Wildman–Crippen LogP) is -0.406. The van der Waals surface area contributed by atoms with Crippen LogP contribution in [0.2, 0.25) is 0 Å². The number of hydrogen-bond donors (Lipinski definition) is 3. The smallest absolute Gasteiger partial charge is 0.268 e. The summed E-state index contributed by atoms with van der Waals surface area (Å²) in [6.45, 7) is 3.66. The molecule has 1 aromatic rings. The van der Waals surface area contributed by atoms with E-state index in [1.807, 2.05) is 0 Å². The molecule has 0 aromatic carbocycles. The summed E-state index contributed by atoms with van der Waals surface area (Å²) in [6.07, 6.45) is 2.37. The van der Waals surface area contributed by atoms with Crippen LogP contribution in [0.3, 0.4) is 0 Å². The molecule has 0 spiro atoms. The van der Waals surface area contributed by atoms with Gasteiger partial charge in [-0.25, -0.2) is 5.84 Å². The topological polar surface area (TPSA) is 101 Å². The maximum atomic E-state index is 11.5. The fourth-order valence-corrected chi connectivity index (χ4v) is 2.33. The standard InChI is InChI=1S/C12H18N4O3/c1-8(17)14-9-2-4-16(6-9)7-11-10(3-5-19-11)12(18)15-13/h3,5,9H,2,4,6-7,13H2,1H3,(H,14,17)(H,15,18). The molecule has 1 saturated heterocycles. The molecule has 0 aliphatic carbocycles. The van der Waals surface area contributed by atoms with Crippen LogP contribution in [-0.2, 0) is 11.3 Å². The van der Waals surface area contributed by atoms with Crippen molar-refractivity contribution in [2.45, 2.75) is 25.9 Å². The van der Waals surface area contributed by atoms with Crippen molar-refractivity contribution in [1.82, 2.24) is 15.6 Å². The Kier molecular flexibility index (Phi) is 4.18. The molecule has 2 heterocycles. The molecule has 1 fully saturated rings. The second-order valence-electron chi connectivity index (χ2n) is 4.65. The highest BCUT2D eigenvalue weighted by Gasteiger charge is 2.25. The first-order valence-electron chi connectivity index (χ1n) is 6.17. The molecule has 2 rings (SSSR count). The van der Waals surface area contributed by atoms with Gasteiger partial charge in [0.05, 0.1) is 18.4 Å². The van der Waals surface area contributed by atoms with E-state index in [9.17, 15) is 9.59 Å². The summed E-state index contributed by atoms with van der Waals surface area (Å²) in [5.74, 6) is 5.32. The zero-order valence-electron chi connectivity index (χ0n) is 10.8. The highest BCUT2D eigenvalue weighted by Crippen LogP contribution is 2.17. The van der Waals surface area contributed by atoms with Crippen LogP contribution in [0, 0.1) is 0 Å². The number of rotatable bonds is 4. The van der Waals surface area contributed by atoms with Crippen molar-refractivity contribution in [2.24, 2.45) is 5.84 Å². The summed E-state index contributed by atoms with van der Waals surface area (Å²) in [7, 11) is 0. The Morgan fingerprint density at radius 2 is 2.37 bits per heavy atom. The molecule has 19 heavy (non-hydrogen) atoms. The van der Waals surface area contributed by atoms with Gasteiger partial charge in [-0.15, -0.1) is 0 Å². The van der Waals surface area contributed by atoms with Crippen LogP contribution in [0.5, 0.6) is 0 Å². The third kappa shape index (κ3) is 3.33. The lowest BCUT2D eigenvalue weighted by molar-refractivity contribution is -0.119. The summed E-state index contributed by atoms with van der Waals surface area (Å²) in [5, 5.41) is 2.89. The number of amides is 2. The van der Waals surface area contributed by atoms with E-state index in [2.05, 4.69) is 15.6 Å². The summed E-state index contributed by atoms with van der Waals surface area (Å²) in [4.78, 5) is 24.6. The zero-order chi connectivity index (χ0) is 13.8. The highest BCUT2D eigenvalue weighted by atomic mass is 16.3. The van der Waals surface area contributed by atoms with Gasteiger partial charge in [-0.2, -0.15) is 0 Å². The number of likely N-dealkylation sites (tertiary alicyclic amines) is 1. The lowest BCUT2D eigenvalue weighted by Gasteiger charge is -2.15. The molecule has 1 atom stereocenters. The van der Waals surface area contributed by atoms with Crippen molar-refractivity contribution >= 4 is 11.8 Å². The summed E-state index contributed by atoms with van der Waals surface area (Å²) < 4.78 is 5.32. The minimum Gasteiger partial charge on any atom is -0.467 e. The van der Waals surface area contributed by atoms with Gasteiger partial charge in [0.1, 0.15) is 5.76 Å². The van der Waals surface area contributed by atoms with Crippen LogP contribution < -0.4 is 16.6 Å². The number of carbonyl (C=O) groups is 2. The molecule has 0 saturated carbocycles. The molecular weight excluding hydrogens is 248 g/mol. The molecule has 7 nitrogen and oxygen atoms in total. The molecule has 1 aliphatic heterocycles. The van der Waals surface area contributed by atoms with Crippen LogP contribution in [0.1, 0.15) is 29.5 Å². The van der Waals surface area contributed by atoms with E-state index >= 15 is 0 Å². The molecule has 1 unspecified atom stereocenters. The van der Waals surface area contributed by atoms with E-state index in [0.717, 1.165) is 19.5 Å². The quantitative estimate of drug-likeness (QED) is 0.391. The lowest BCUT2D eigenvalue weighted by Crippen LogP contribution is -2.35. The average molecular weight is 266 g/mol. The first-order chi connectivity index (χ1) is 9.10. The number of furan rings is 1. The monoisotopic (exact) mass is 266 g/mol. The molecule has 7 heteroatoms. The summed E-state index contributed by atoms with van der Waals surface area (Å²) in [6, 6.07) is 1.76. The molecular formula is C12H18N4O3. The molecule has 104 valence electrons. The third-order valence-corrected chi connectivity index (χ3v) is 3.17. The van der Waals surface area contributed by atoms with Crippen LogP contribution in [0.4, 0.5) is 0 Å². The second kappa shape index (κ2) is 5.85. The second-order valence-corrected chi connectivity index (χ2v) is 4.65. The number of nitrogen functional groups attached to an aromatic ring is 1. The van der Waals surface area contributed by atoms with E-state index in [4.69, 9.17) is 10.3 Å². The van der Waals surface area contributed by atoms with Gasteiger partial charge in [0.15, 0.2) is 0 Å². The normalized spacial score (nSPS) is 19.4. The fourth-order valence-electron chi connectivity index (χ4n) is 2.33. The van der Waals surface area contributed by atoms with Crippen LogP contribution in [0.15, 0.2) is 16.7 Å². The Bertz CT molecular complexity index is 471. The Morgan fingerprint density at radius 3 is 3.05 bits per heavy atom. The van der Waals surface area contributed by atoms with E-state index in [0.29, 0.717) is 17.9 Å². The van der Waals surface area contributed by atoms with E-state index in [-0.39, 0.29) is 17.9 Å². The van der Waals surface area contributed by atoms with Crippen molar-refractivity contribution in [1.29, 1.82) is 0 Å². The minimum absolute atomic E-state index is 0.0203. The van der Waals surface area contributed by atoms with Gasteiger partial charge in [-0.05, 0) is 12.5 Å². The summed E-state index contributed by atoms with van der Waals surface area (Å²) >= 11 is 0. The van der Waals surface area contributed by atoms with Crippen molar-refractivity contribution in [3.8, 4) is 0 Å². The maximum Gasteiger partial charge on any atom is 0.268 e. The predicted molar refractivity (Wildman–Crippen MR) is 67.9 cm³/mol. The number of hydrogen-bond acceptors (Lipinski definition) is 5. The Morgan fingerprint density at radius 1 is 1.58 bits per heavy atom. The molecule has 1 aliphatic rings. The number of nitrogens with one attached hydrogen (secondary N) is 2. The summed E-state index contributed by atoms with van der Waals surface area (Å²) in [5.41, 5.74) is 2.54. The van der Waals surface area contributed by atoms with Crippen molar-refractivity contribution in [2.75, 3.05) is 13.1 Å². The number of nitrogens with two attached hydrogens (primary N) is 1. The van der Waals surface area contributed by atoms with E-state index < -0.39 is 0 Å². The van der Waals surface area contributed by atoms with Crippen molar-refractivity contribution in [3.63, 3.8) is 0 Å². The zero-order valence-corrected chi connectivity index (χ0v) is 10.8. The Hall–Kier alpha value is -1.86. The van der Waals surface area contributed by atoms with E-state index in [1.165, 1.54) is 13.2 Å². The van der Waals surface area contributed by atoms with E-state index in [1.54, 1.807) is 6.07 Å². The first-order valence-corrected chi connectivity index (χ1v) is 6.17. The fraction of sp³-hybridized carbons (Fsp3) is 0.500. The Labute approximate surface area is 111 Å². The largest absolute Gasteiger partial charge is 0.467 e. The lowest BCUT2D eigenvalue weighted by atomic mass is 10.2. The van der Waals surface area contributed by atoms with Crippen LogP contribution in [-0.4, -0.2) is 35.8 Å². The minimum atomic E-state index is -0.360. The van der Waals surface area contributed by atoms with Gasteiger partial charge in [0, 0.05) is 26.1 Å². The molecule has 1 aromatic heterocycles. The molecule has 0 radical (unpaired) electrons. The van der Waals surface area contributed by atoms with Crippen LogP contribution >= 0.6 is 0 Å². The molecule has 0 bridgehead atoms. The molecule has 2 amide bonds. The van der Waals surface area contributed by atoms with Gasteiger partial charge in [0.25, 0.3) is 5.91 Å². The Balaban J connectivity index is 1.94. The number of carbonyl (C=O) groups excluding carboxylic acids is 2. The number of nitrogens with zero attached hydrogens (tertiary/aromatic N) is 1. The first kappa shape index (κ1) is 13.6. The van der Waals surface area contributed by atoms with Gasteiger partial charge >= 0.3 is 0 Å². The molecule has 4 N–H and O–H groups in total. The average Bonchev–Trinajstić information content (AvgIpc) is 2.98. The van der Waals surface area contributed by atoms with Crippen LogP contribution in [0.25, 0.3) is 0 Å². The van der Waals surface area contributed by atoms with Gasteiger partial charge in [0.2, 0.25) is 5.91 Å². The highest BCUT2D eigenvalue weighted by molar-refractivity contribution is 5.94. The van der Waals surface area contributed by atoms with Gasteiger partial charge in [-0.3, -0.25) is 19.9 Å². The van der Waals surface area contributed by atoms with Gasteiger partial charge < -0.3 is 9.73 Å². The van der Waals surface area contributed by atoms with Gasteiger partial charge in [-0.1, -0.05) is 0 Å². The third-order valence-electron chi connectivity index (χ3n) is 3.17. The number of hydrazine groups is 1.